The minimum Gasteiger partial charge on any atom is -0.453 e. The lowest BCUT2D eigenvalue weighted by Gasteiger charge is -2.24. The second-order valence-corrected chi connectivity index (χ2v) is 6.64. The van der Waals surface area contributed by atoms with E-state index in [1.807, 2.05) is 6.92 Å². The predicted molar refractivity (Wildman–Crippen MR) is 74.2 cm³/mol. The molecule has 0 saturated carbocycles. The second-order valence-electron chi connectivity index (χ2n) is 6.64. The molecule has 0 aliphatic rings. The first-order chi connectivity index (χ1) is 7.52. The van der Waals surface area contributed by atoms with Crippen molar-refractivity contribution in [2.45, 2.75) is 61.3 Å². The van der Waals surface area contributed by atoms with Gasteiger partial charge in [0.25, 0.3) is 0 Å². The van der Waals surface area contributed by atoms with Crippen LogP contribution < -0.4 is 5.32 Å². The molecule has 0 heterocycles. The van der Waals surface area contributed by atoms with Crippen molar-refractivity contribution in [1.82, 2.24) is 5.32 Å². The maximum absolute atomic E-state index is 10.1. The molecule has 3 nitrogen and oxygen atoms in total. The highest BCUT2D eigenvalue weighted by atomic mass is 16.5. The molecule has 0 aliphatic carbocycles. The van der Waals surface area contributed by atoms with Crippen LogP contribution in [-0.4, -0.2) is 19.7 Å². The minimum atomic E-state index is -0.373. The molecule has 0 unspecified atom stereocenters. The molecule has 0 aliphatic heterocycles. The van der Waals surface area contributed by atoms with Crippen LogP contribution in [-0.2, 0) is 4.74 Å². The first-order valence-corrected chi connectivity index (χ1v) is 6.33. The molecule has 0 atom stereocenters. The lowest BCUT2D eigenvalue weighted by atomic mass is 9.81. The molecule has 0 aromatic heterocycles. The molecule has 104 valence electrons. The Balaban J connectivity index is 0. The van der Waals surface area contributed by atoms with Gasteiger partial charge in [0.15, 0.2) is 0 Å². The third-order valence-corrected chi connectivity index (χ3v) is 2.13. The summed E-state index contributed by atoms with van der Waals surface area (Å²) in [5.41, 5.74) is 1.01. The Morgan fingerprint density at radius 2 is 1.35 bits per heavy atom. The molecule has 0 spiro atoms. The zero-order chi connectivity index (χ0) is 14.1. The molecule has 0 aromatic rings. The number of carbonyl (C=O) groups is 1. The van der Waals surface area contributed by atoms with E-state index >= 15 is 0 Å². The fourth-order valence-corrected chi connectivity index (χ4v) is 0.967. The molecule has 0 saturated heterocycles. The van der Waals surface area contributed by atoms with E-state index in [4.69, 9.17) is 0 Å². The molecule has 0 bridgehead atoms. The minimum absolute atomic E-state index is 0.373. The Morgan fingerprint density at radius 1 is 1.00 bits per heavy atom. The Bertz CT molecular complexity index is 185. The van der Waals surface area contributed by atoms with Crippen LogP contribution in [0.5, 0.6) is 0 Å². The lowest BCUT2D eigenvalue weighted by Crippen LogP contribution is -2.21. The van der Waals surface area contributed by atoms with Gasteiger partial charge in [0.2, 0.25) is 0 Å². The van der Waals surface area contributed by atoms with Crippen molar-refractivity contribution in [2.75, 3.05) is 13.7 Å². The first kappa shape index (κ1) is 18.6. The number of hydrogen-bond acceptors (Lipinski definition) is 2. The number of rotatable bonds is 2. The van der Waals surface area contributed by atoms with E-state index in [-0.39, 0.29) is 6.09 Å². The van der Waals surface area contributed by atoms with E-state index in [0.29, 0.717) is 17.4 Å². The molecule has 0 fully saturated rings. The van der Waals surface area contributed by atoms with Gasteiger partial charge >= 0.3 is 6.09 Å². The fourth-order valence-electron chi connectivity index (χ4n) is 0.967. The van der Waals surface area contributed by atoms with Gasteiger partial charge in [-0.05, 0) is 30.6 Å². The number of amides is 1. The van der Waals surface area contributed by atoms with Crippen molar-refractivity contribution in [3.8, 4) is 0 Å². The van der Waals surface area contributed by atoms with E-state index in [1.165, 1.54) is 20.0 Å². The van der Waals surface area contributed by atoms with Crippen LogP contribution in [0.15, 0.2) is 0 Å². The van der Waals surface area contributed by atoms with Gasteiger partial charge in [0.05, 0.1) is 7.11 Å². The van der Waals surface area contributed by atoms with Crippen molar-refractivity contribution in [2.24, 2.45) is 10.8 Å². The number of alkyl carbamates (subject to hydrolysis) is 1. The van der Waals surface area contributed by atoms with Crippen molar-refractivity contribution in [1.29, 1.82) is 0 Å². The Hall–Kier alpha value is -0.730. The standard InChI is InChI=1S/C10H22.C4H9NO2/c1-9(2,3)7-8-10(4,5)6;1-3-5-4(6)7-2/h7-8H2,1-6H3;3H2,1-2H3,(H,5,6). The highest BCUT2D eigenvalue weighted by Crippen LogP contribution is 2.29. The van der Waals surface area contributed by atoms with Crippen LogP contribution in [0, 0.1) is 10.8 Å². The monoisotopic (exact) mass is 245 g/mol. The average Bonchev–Trinajstić information content (AvgIpc) is 2.14. The maximum Gasteiger partial charge on any atom is 0.406 e. The zero-order valence-corrected chi connectivity index (χ0v) is 12.9. The molecule has 17 heavy (non-hydrogen) atoms. The zero-order valence-electron chi connectivity index (χ0n) is 12.9. The summed E-state index contributed by atoms with van der Waals surface area (Å²) < 4.78 is 4.24. The Kier molecular flexibility index (Phi) is 9.18. The average molecular weight is 245 g/mol. The summed E-state index contributed by atoms with van der Waals surface area (Å²) in [7, 11) is 1.34. The van der Waals surface area contributed by atoms with Gasteiger partial charge in [0.1, 0.15) is 0 Å². The molecule has 0 aromatic carbocycles. The maximum atomic E-state index is 10.1. The molecule has 1 N–H and O–H groups in total. The summed E-state index contributed by atoms with van der Waals surface area (Å²) in [6.07, 6.45) is 2.29. The molecular weight excluding hydrogens is 214 g/mol. The lowest BCUT2D eigenvalue weighted by molar-refractivity contribution is 0.171. The fraction of sp³-hybridized carbons (Fsp3) is 0.929. The molecule has 1 amide bonds. The highest BCUT2D eigenvalue weighted by molar-refractivity contribution is 5.66. The number of nitrogens with one attached hydrogen (secondary N) is 1. The third kappa shape index (κ3) is 21.2. The highest BCUT2D eigenvalue weighted by Gasteiger charge is 2.16. The van der Waals surface area contributed by atoms with Crippen LogP contribution in [0.3, 0.4) is 0 Å². The third-order valence-electron chi connectivity index (χ3n) is 2.13. The van der Waals surface area contributed by atoms with Crippen LogP contribution in [0.1, 0.15) is 61.3 Å². The quantitative estimate of drug-likeness (QED) is 0.791. The summed E-state index contributed by atoms with van der Waals surface area (Å²) in [6, 6.07) is 0. The summed E-state index contributed by atoms with van der Waals surface area (Å²) in [5, 5.41) is 2.43. The number of hydrogen-bond donors (Lipinski definition) is 1. The Morgan fingerprint density at radius 3 is 1.47 bits per heavy atom. The predicted octanol–water partition coefficient (Wildman–Crippen LogP) is 4.22. The van der Waals surface area contributed by atoms with E-state index in [9.17, 15) is 4.79 Å². The van der Waals surface area contributed by atoms with Crippen molar-refractivity contribution >= 4 is 6.09 Å². The summed E-state index contributed by atoms with van der Waals surface area (Å²) in [5.74, 6) is 0. The largest absolute Gasteiger partial charge is 0.453 e. The SMILES string of the molecule is CC(C)(C)CCC(C)(C)C.CCNC(=O)OC. The second kappa shape index (κ2) is 8.37. The van der Waals surface area contributed by atoms with Gasteiger partial charge in [-0.2, -0.15) is 0 Å². The number of carbonyl (C=O) groups excluding carboxylic acids is 1. The molecule has 3 heteroatoms. The van der Waals surface area contributed by atoms with E-state index in [2.05, 4.69) is 51.6 Å². The van der Waals surface area contributed by atoms with Crippen molar-refractivity contribution < 1.29 is 9.53 Å². The Labute approximate surface area is 107 Å². The van der Waals surface area contributed by atoms with Crippen LogP contribution in [0.2, 0.25) is 0 Å². The van der Waals surface area contributed by atoms with Gasteiger partial charge in [-0.25, -0.2) is 4.79 Å². The number of ether oxygens (including phenoxy) is 1. The first-order valence-electron chi connectivity index (χ1n) is 6.33. The van der Waals surface area contributed by atoms with E-state index in [1.54, 1.807) is 0 Å². The van der Waals surface area contributed by atoms with Gasteiger partial charge in [-0.3, -0.25) is 0 Å². The summed E-state index contributed by atoms with van der Waals surface area (Å²) in [4.78, 5) is 10.1. The van der Waals surface area contributed by atoms with Crippen LogP contribution >= 0.6 is 0 Å². The van der Waals surface area contributed by atoms with Gasteiger partial charge in [0, 0.05) is 6.54 Å². The van der Waals surface area contributed by atoms with Gasteiger partial charge in [-0.15, -0.1) is 0 Å². The topological polar surface area (TPSA) is 38.3 Å². The summed E-state index contributed by atoms with van der Waals surface area (Å²) >= 11 is 0. The van der Waals surface area contributed by atoms with Crippen molar-refractivity contribution in [3.05, 3.63) is 0 Å². The van der Waals surface area contributed by atoms with Gasteiger partial charge in [-0.1, -0.05) is 41.5 Å². The summed E-state index contributed by atoms with van der Waals surface area (Å²) in [6.45, 7) is 16.3. The van der Waals surface area contributed by atoms with E-state index in [0.717, 1.165) is 0 Å². The van der Waals surface area contributed by atoms with Crippen molar-refractivity contribution in [3.63, 3.8) is 0 Å². The normalized spacial score (nSPS) is 11.3. The van der Waals surface area contributed by atoms with Gasteiger partial charge < -0.3 is 10.1 Å². The smallest absolute Gasteiger partial charge is 0.406 e. The molecule has 0 rings (SSSR count). The van der Waals surface area contributed by atoms with Crippen LogP contribution in [0.25, 0.3) is 0 Å². The number of methoxy groups -OCH3 is 1. The molecule has 0 radical (unpaired) electrons. The van der Waals surface area contributed by atoms with E-state index < -0.39 is 0 Å². The van der Waals surface area contributed by atoms with Crippen LogP contribution in [0.4, 0.5) is 4.79 Å². The molecular formula is C14H31NO2.